The number of imide groups is 1. The molecule has 0 radical (unpaired) electrons. The molecule has 3 aliphatic heterocycles. The summed E-state index contributed by atoms with van der Waals surface area (Å²) in [6.07, 6.45) is 4.02. The minimum atomic E-state index is -4.82. The van der Waals surface area contributed by atoms with E-state index < -0.39 is 34.9 Å². The molecule has 4 fully saturated rings. The lowest BCUT2D eigenvalue weighted by atomic mass is 9.82. The van der Waals surface area contributed by atoms with Crippen molar-refractivity contribution >= 4 is 58.0 Å². The molecule has 6 rings (SSSR count). The summed E-state index contributed by atoms with van der Waals surface area (Å²) in [4.78, 5) is 59.2. The van der Waals surface area contributed by atoms with Crippen molar-refractivity contribution in [3.05, 3.63) is 47.8 Å². The lowest BCUT2D eigenvalue weighted by Crippen LogP contribution is -2.51. The second kappa shape index (κ2) is 17.7. The Kier molecular flexibility index (Phi) is 13.1. The molecule has 312 valence electrons. The summed E-state index contributed by atoms with van der Waals surface area (Å²) in [5.74, 6) is -0.717. The van der Waals surface area contributed by atoms with Crippen molar-refractivity contribution < 1.29 is 37.1 Å². The van der Waals surface area contributed by atoms with Gasteiger partial charge in [-0.15, -0.1) is 0 Å². The molecule has 1 aliphatic carbocycles. The van der Waals surface area contributed by atoms with E-state index in [0.29, 0.717) is 30.3 Å². The molecular formula is C41H51F3N8O5S. The van der Waals surface area contributed by atoms with Gasteiger partial charge in [0.15, 0.2) is 10.8 Å². The molecule has 4 aliphatic rings. The van der Waals surface area contributed by atoms with Gasteiger partial charge >= 0.3 is 6.18 Å². The second-order valence-corrected chi connectivity index (χ2v) is 16.8. The molecule has 3 N–H and O–H groups in total. The lowest BCUT2D eigenvalue weighted by Gasteiger charge is -2.42. The van der Waals surface area contributed by atoms with Crippen LogP contribution in [0.1, 0.15) is 103 Å². The smallest absolute Gasteiger partial charge is 0.378 e. The van der Waals surface area contributed by atoms with Gasteiger partial charge in [0, 0.05) is 42.5 Å². The Morgan fingerprint density at radius 3 is 2.41 bits per heavy atom. The average molecular weight is 825 g/mol. The highest BCUT2D eigenvalue weighted by molar-refractivity contribution is 7.80. The fraction of sp³-hybridized carbons (Fsp3) is 0.585. The molecule has 2 aromatic rings. The molecule has 4 atom stereocenters. The van der Waals surface area contributed by atoms with E-state index in [1.54, 1.807) is 32.0 Å². The van der Waals surface area contributed by atoms with Crippen molar-refractivity contribution in [2.45, 2.75) is 134 Å². The fourth-order valence-corrected chi connectivity index (χ4v) is 9.51. The van der Waals surface area contributed by atoms with Crippen molar-refractivity contribution in [3.63, 3.8) is 0 Å². The first kappa shape index (κ1) is 42.9. The second-order valence-electron chi connectivity index (χ2n) is 16.5. The summed E-state index contributed by atoms with van der Waals surface area (Å²) in [5.41, 5.74) is -1.84. The van der Waals surface area contributed by atoms with Crippen LogP contribution >= 0.6 is 12.2 Å². The van der Waals surface area contributed by atoms with Crippen molar-refractivity contribution in [2.24, 2.45) is 5.92 Å². The number of nitriles is 1. The van der Waals surface area contributed by atoms with Gasteiger partial charge in [-0.1, -0.05) is 6.07 Å². The number of ether oxygens (including phenoxy) is 1. The summed E-state index contributed by atoms with van der Waals surface area (Å²) in [6, 6.07) is 9.14. The zero-order valence-corrected chi connectivity index (χ0v) is 34.0. The first-order valence-corrected chi connectivity index (χ1v) is 20.4. The van der Waals surface area contributed by atoms with Gasteiger partial charge in [0.2, 0.25) is 17.7 Å². The Hall–Kier alpha value is -4.66. The van der Waals surface area contributed by atoms with Gasteiger partial charge in [-0.3, -0.25) is 34.3 Å². The number of carbonyl (C=O) groups is 4. The van der Waals surface area contributed by atoms with Gasteiger partial charge < -0.3 is 20.3 Å². The van der Waals surface area contributed by atoms with Crippen LogP contribution in [0.25, 0.3) is 0 Å². The summed E-state index contributed by atoms with van der Waals surface area (Å²) >= 11 is 5.73. The van der Waals surface area contributed by atoms with E-state index in [1.165, 1.54) is 6.07 Å². The predicted octanol–water partition coefficient (Wildman–Crippen LogP) is 6.14. The minimum absolute atomic E-state index is 0.0419. The zero-order chi connectivity index (χ0) is 41.9. The third kappa shape index (κ3) is 9.61. The molecule has 2 unspecified atom stereocenters. The van der Waals surface area contributed by atoms with Crippen molar-refractivity contribution in [2.75, 3.05) is 28.7 Å². The van der Waals surface area contributed by atoms with Gasteiger partial charge in [-0.2, -0.15) is 18.4 Å². The first-order chi connectivity index (χ1) is 27.5. The van der Waals surface area contributed by atoms with Crippen LogP contribution < -0.4 is 20.9 Å². The van der Waals surface area contributed by atoms with Gasteiger partial charge in [-0.25, -0.2) is 4.98 Å². The SMILES string of the molecule is C[C@@H]1CC(OCCCC2CCC(N3C(=S)N(c4cnc(C#N)c(C(F)(F)F)c4)C(=O)C3(C)C)CC2)C[C@H](C)N1CC(=O)Nc1cccc(NC2CCC(=O)NC2=O)c1. The predicted molar refractivity (Wildman–Crippen MR) is 214 cm³/mol. The maximum atomic E-state index is 13.7. The van der Waals surface area contributed by atoms with E-state index in [1.807, 2.05) is 11.0 Å². The van der Waals surface area contributed by atoms with Crippen LogP contribution in [0.3, 0.4) is 0 Å². The summed E-state index contributed by atoms with van der Waals surface area (Å²) in [6.45, 7) is 8.58. The number of amides is 4. The molecular weight excluding hydrogens is 774 g/mol. The summed E-state index contributed by atoms with van der Waals surface area (Å²) in [5, 5.41) is 17.8. The Morgan fingerprint density at radius 2 is 1.76 bits per heavy atom. The molecule has 1 saturated carbocycles. The van der Waals surface area contributed by atoms with E-state index in [2.05, 4.69) is 39.7 Å². The molecule has 1 aromatic heterocycles. The number of hydrogen-bond donors (Lipinski definition) is 3. The molecule has 0 bridgehead atoms. The average Bonchev–Trinajstić information content (AvgIpc) is 3.34. The number of thiocarbonyl (C=S) groups is 1. The number of rotatable bonds is 12. The van der Waals surface area contributed by atoms with Crippen LogP contribution in [0.15, 0.2) is 36.5 Å². The number of aromatic nitrogens is 1. The monoisotopic (exact) mass is 824 g/mol. The third-order valence-electron chi connectivity index (χ3n) is 12.0. The number of carbonyl (C=O) groups excluding carboxylic acids is 4. The van der Waals surface area contributed by atoms with Crippen molar-refractivity contribution in [1.82, 2.24) is 20.1 Å². The maximum Gasteiger partial charge on any atom is 0.419 e. The highest BCUT2D eigenvalue weighted by atomic mass is 32.1. The summed E-state index contributed by atoms with van der Waals surface area (Å²) < 4.78 is 47.4. The maximum absolute atomic E-state index is 13.7. The van der Waals surface area contributed by atoms with E-state index in [0.717, 1.165) is 68.5 Å². The van der Waals surface area contributed by atoms with Gasteiger partial charge in [-0.05, 0) is 128 Å². The Morgan fingerprint density at radius 1 is 1.07 bits per heavy atom. The van der Waals surface area contributed by atoms with Crippen LogP contribution in [0.5, 0.6) is 0 Å². The highest BCUT2D eigenvalue weighted by Gasteiger charge is 2.53. The highest BCUT2D eigenvalue weighted by Crippen LogP contribution is 2.41. The molecule has 13 nitrogen and oxygen atoms in total. The molecule has 4 heterocycles. The number of alkyl halides is 3. The van der Waals surface area contributed by atoms with E-state index in [9.17, 15) is 32.3 Å². The van der Waals surface area contributed by atoms with Gasteiger partial charge in [0.25, 0.3) is 5.91 Å². The number of nitrogens with one attached hydrogen (secondary N) is 3. The largest absolute Gasteiger partial charge is 0.419 e. The van der Waals surface area contributed by atoms with Crippen LogP contribution in [-0.2, 0) is 30.1 Å². The summed E-state index contributed by atoms with van der Waals surface area (Å²) in [7, 11) is 0. The quantitative estimate of drug-likeness (QED) is 0.128. The Bertz CT molecular complexity index is 1940. The number of halogens is 3. The normalized spacial score (nSPS) is 26.7. The Balaban J connectivity index is 0.919. The minimum Gasteiger partial charge on any atom is -0.378 e. The lowest BCUT2D eigenvalue weighted by molar-refractivity contribution is -0.138. The van der Waals surface area contributed by atoms with E-state index in [4.69, 9.17) is 22.2 Å². The van der Waals surface area contributed by atoms with Crippen LogP contribution in [-0.4, -0.2) is 92.5 Å². The third-order valence-corrected chi connectivity index (χ3v) is 12.3. The van der Waals surface area contributed by atoms with Gasteiger partial charge in [0.1, 0.15) is 17.6 Å². The number of hydrogen-bond acceptors (Lipinski definition) is 10. The first-order valence-electron chi connectivity index (χ1n) is 20.0. The van der Waals surface area contributed by atoms with E-state index in [-0.39, 0.29) is 65.7 Å². The van der Waals surface area contributed by atoms with Crippen molar-refractivity contribution in [3.8, 4) is 6.07 Å². The van der Waals surface area contributed by atoms with Crippen LogP contribution in [0, 0.1) is 17.2 Å². The topological polar surface area (TPSA) is 160 Å². The molecule has 58 heavy (non-hydrogen) atoms. The number of likely N-dealkylation sites (tertiary alicyclic amines) is 1. The van der Waals surface area contributed by atoms with Crippen LogP contribution in [0.4, 0.5) is 30.2 Å². The standard InChI is InChI=1S/C41H51F3N8O5S/c1-24-17-31(18-25(2)50(24)23-36(54)48-28-9-5-8-27(19-28)47-33-14-15-35(53)49-37(33)55)57-16-6-7-26-10-12-29(13-11-26)52-39(58)51(38(56)40(52,3)4)30-20-32(41(42,43)44)34(21-45)46-22-30/h5,8-9,19-20,22,24-26,29,31,33,47H,6-7,10-18,23H2,1-4H3,(H,48,54)(H,49,53,55)/t24-,25+,26?,29?,31?,33?. The number of pyridine rings is 1. The van der Waals surface area contributed by atoms with E-state index >= 15 is 0 Å². The Labute approximate surface area is 342 Å². The number of anilines is 3. The van der Waals surface area contributed by atoms with Gasteiger partial charge in [0.05, 0.1) is 30.1 Å². The zero-order valence-electron chi connectivity index (χ0n) is 33.2. The fourth-order valence-electron chi connectivity index (χ4n) is 8.94. The molecule has 17 heteroatoms. The van der Waals surface area contributed by atoms with Crippen LogP contribution in [0.2, 0.25) is 0 Å². The molecule has 4 amide bonds. The number of nitrogens with zero attached hydrogens (tertiary/aromatic N) is 5. The molecule has 0 spiro atoms. The molecule has 1 aromatic carbocycles. The number of benzene rings is 1. The molecule has 3 saturated heterocycles. The number of piperidine rings is 2. The van der Waals surface area contributed by atoms with Crippen molar-refractivity contribution in [1.29, 1.82) is 5.26 Å².